The molecular formula is C25H24. The minimum Gasteiger partial charge on any atom is -0.115 e. The Labute approximate surface area is 151 Å². The fourth-order valence-electron chi connectivity index (χ4n) is 3.06. The first kappa shape index (κ1) is 17.1. The summed E-state index contributed by atoms with van der Waals surface area (Å²) >= 11 is 0. The van der Waals surface area contributed by atoms with Crippen LogP contribution in [0.1, 0.15) is 37.3 Å². The predicted molar refractivity (Wildman–Crippen MR) is 108 cm³/mol. The minimum atomic E-state index is 0.916. The summed E-state index contributed by atoms with van der Waals surface area (Å²) in [5.74, 6) is 2.66. The lowest BCUT2D eigenvalue weighted by Crippen LogP contribution is -1.86. The van der Waals surface area contributed by atoms with Gasteiger partial charge in [-0.15, -0.1) is 6.42 Å². The zero-order valence-electron chi connectivity index (χ0n) is 14.8. The van der Waals surface area contributed by atoms with E-state index in [1.54, 1.807) is 0 Å². The standard InChI is InChI=1S/C25H24/c1-3-5-6-7-21-10-14-23(15-11-21)25-18-16-24(17-19-25)22-12-8-20(4-2)9-13-22/h2,8-19H,3,5-7H2,1H3. The van der Waals surface area contributed by atoms with Crippen molar-refractivity contribution in [2.75, 3.05) is 0 Å². The Morgan fingerprint density at radius 3 is 1.52 bits per heavy atom. The Bertz CT molecular complexity index is 829. The summed E-state index contributed by atoms with van der Waals surface area (Å²) in [6.07, 6.45) is 10.5. The van der Waals surface area contributed by atoms with Crippen molar-refractivity contribution >= 4 is 0 Å². The van der Waals surface area contributed by atoms with Crippen molar-refractivity contribution in [3.05, 3.63) is 83.9 Å². The highest BCUT2D eigenvalue weighted by Gasteiger charge is 2.01. The largest absolute Gasteiger partial charge is 0.115 e. The van der Waals surface area contributed by atoms with E-state index in [-0.39, 0.29) is 0 Å². The van der Waals surface area contributed by atoms with E-state index in [0.717, 1.165) is 5.56 Å². The first-order valence-corrected chi connectivity index (χ1v) is 9.06. The SMILES string of the molecule is C#Cc1ccc(-c2ccc(-c3ccc(CCCCC)cc3)cc2)cc1. The fraction of sp³-hybridized carbons (Fsp3) is 0.200. The molecule has 25 heavy (non-hydrogen) atoms. The highest BCUT2D eigenvalue weighted by molar-refractivity contribution is 5.70. The van der Waals surface area contributed by atoms with Gasteiger partial charge in [0.25, 0.3) is 0 Å². The predicted octanol–water partition coefficient (Wildman–Crippen LogP) is 6.73. The van der Waals surface area contributed by atoms with Crippen LogP contribution in [0.4, 0.5) is 0 Å². The molecule has 0 N–H and O–H groups in total. The molecule has 124 valence electrons. The Balaban J connectivity index is 1.72. The van der Waals surface area contributed by atoms with E-state index < -0.39 is 0 Å². The van der Waals surface area contributed by atoms with Gasteiger partial charge in [0.05, 0.1) is 0 Å². The van der Waals surface area contributed by atoms with Crippen LogP contribution in [0.5, 0.6) is 0 Å². The van der Waals surface area contributed by atoms with Gasteiger partial charge in [-0.1, -0.05) is 86.3 Å². The molecule has 3 rings (SSSR count). The van der Waals surface area contributed by atoms with Gasteiger partial charge in [0.2, 0.25) is 0 Å². The van der Waals surface area contributed by atoms with E-state index in [4.69, 9.17) is 6.42 Å². The van der Waals surface area contributed by atoms with Gasteiger partial charge >= 0.3 is 0 Å². The van der Waals surface area contributed by atoms with Gasteiger partial charge in [0.15, 0.2) is 0 Å². The molecule has 0 aliphatic carbocycles. The van der Waals surface area contributed by atoms with Gasteiger partial charge in [0.1, 0.15) is 0 Å². The van der Waals surface area contributed by atoms with Crippen LogP contribution in [-0.2, 0) is 6.42 Å². The van der Waals surface area contributed by atoms with Crippen LogP contribution in [0.3, 0.4) is 0 Å². The van der Waals surface area contributed by atoms with Crippen LogP contribution in [0.15, 0.2) is 72.8 Å². The highest BCUT2D eigenvalue weighted by atomic mass is 14.1. The molecule has 0 amide bonds. The molecule has 0 heterocycles. The molecule has 0 fully saturated rings. The summed E-state index contributed by atoms with van der Waals surface area (Å²) in [5.41, 5.74) is 7.28. The van der Waals surface area contributed by atoms with Crippen molar-refractivity contribution in [2.45, 2.75) is 32.6 Å². The van der Waals surface area contributed by atoms with Crippen LogP contribution in [0.2, 0.25) is 0 Å². The summed E-state index contributed by atoms with van der Waals surface area (Å²) in [5, 5.41) is 0. The van der Waals surface area contributed by atoms with Crippen molar-refractivity contribution in [3.8, 4) is 34.6 Å². The molecule has 0 radical (unpaired) electrons. The molecule has 3 aromatic rings. The Hall–Kier alpha value is -2.78. The van der Waals surface area contributed by atoms with Crippen molar-refractivity contribution in [3.63, 3.8) is 0 Å². The molecule has 0 spiro atoms. The number of hydrogen-bond acceptors (Lipinski definition) is 0. The van der Waals surface area contributed by atoms with Gasteiger partial charge in [-0.05, 0) is 52.8 Å². The summed E-state index contributed by atoms with van der Waals surface area (Å²) in [4.78, 5) is 0. The third-order valence-electron chi connectivity index (χ3n) is 4.63. The Kier molecular flexibility index (Phi) is 5.70. The lowest BCUT2D eigenvalue weighted by Gasteiger charge is -2.07. The highest BCUT2D eigenvalue weighted by Crippen LogP contribution is 2.25. The van der Waals surface area contributed by atoms with Gasteiger partial charge in [-0.2, -0.15) is 0 Å². The third-order valence-corrected chi connectivity index (χ3v) is 4.63. The summed E-state index contributed by atoms with van der Waals surface area (Å²) in [6, 6.07) is 25.9. The Morgan fingerprint density at radius 1 is 0.640 bits per heavy atom. The molecule has 0 aromatic heterocycles. The van der Waals surface area contributed by atoms with Crippen LogP contribution in [0.25, 0.3) is 22.3 Å². The molecule has 0 aliphatic rings. The van der Waals surface area contributed by atoms with Gasteiger partial charge in [0, 0.05) is 5.56 Å². The van der Waals surface area contributed by atoms with Gasteiger partial charge in [-0.3, -0.25) is 0 Å². The number of rotatable bonds is 6. The molecule has 0 aliphatic heterocycles. The number of terminal acetylenes is 1. The van der Waals surface area contributed by atoms with Crippen molar-refractivity contribution in [1.29, 1.82) is 0 Å². The second kappa shape index (κ2) is 8.36. The average Bonchev–Trinajstić information content (AvgIpc) is 2.69. The maximum Gasteiger partial charge on any atom is 0.0243 e. The van der Waals surface area contributed by atoms with E-state index >= 15 is 0 Å². The number of hydrogen-bond donors (Lipinski definition) is 0. The summed E-state index contributed by atoms with van der Waals surface area (Å²) in [7, 11) is 0. The molecular weight excluding hydrogens is 300 g/mol. The van der Waals surface area contributed by atoms with Crippen molar-refractivity contribution < 1.29 is 0 Å². The minimum absolute atomic E-state index is 0.916. The molecule has 0 bridgehead atoms. The van der Waals surface area contributed by atoms with E-state index in [1.165, 1.54) is 53.5 Å². The summed E-state index contributed by atoms with van der Waals surface area (Å²) < 4.78 is 0. The number of benzene rings is 3. The second-order valence-electron chi connectivity index (χ2n) is 6.45. The van der Waals surface area contributed by atoms with Gasteiger partial charge < -0.3 is 0 Å². The van der Waals surface area contributed by atoms with Crippen molar-refractivity contribution in [2.24, 2.45) is 0 Å². The molecule has 0 heteroatoms. The lowest BCUT2D eigenvalue weighted by atomic mass is 9.98. The normalized spacial score (nSPS) is 10.4. The smallest absolute Gasteiger partial charge is 0.0243 e. The Morgan fingerprint density at radius 2 is 1.08 bits per heavy atom. The maximum absolute atomic E-state index is 5.42. The average molecular weight is 324 g/mol. The molecule has 3 aromatic carbocycles. The second-order valence-corrected chi connectivity index (χ2v) is 6.45. The van der Waals surface area contributed by atoms with Crippen LogP contribution < -0.4 is 0 Å². The molecule has 0 atom stereocenters. The van der Waals surface area contributed by atoms with E-state index in [9.17, 15) is 0 Å². The first-order chi connectivity index (χ1) is 12.3. The zero-order valence-corrected chi connectivity index (χ0v) is 14.8. The number of aryl methyl sites for hydroxylation is 1. The first-order valence-electron chi connectivity index (χ1n) is 9.06. The van der Waals surface area contributed by atoms with Crippen molar-refractivity contribution in [1.82, 2.24) is 0 Å². The maximum atomic E-state index is 5.42. The molecule has 0 saturated heterocycles. The zero-order chi connectivity index (χ0) is 17.5. The quantitative estimate of drug-likeness (QED) is 0.348. The number of unbranched alkanes of at least 4 members (excludes halogenated alkanes) is 2. The van der Waals surface area contributed by atoms with Crippen LogP contribution in [0, 0.1) is 12.3 Å². The van der Waals surface area contributed by atoms with Crippen LogP contribution >= 0.6 is 0 Å². The lowest BCUT2D eigenvalue weighted by molar-refractivity contribution is 0.717. The van der Waals surface area contributed by atoms with Gasteiger partial charge in [-0.25, -0.2) is 0 Å². The van der Waals surface area contributed by atoms with E-state index in [0.29, 0.717) is 0 Å². The molecule has 0 unspecified atom stereocenters. The topological polar surface area (TPSA) is 0 Å². The van der Waals surface area contributed by atoms with E-state index in [2.05, 4.69) is 73.5 Å². The summed E-state index contributed by atoms with van der Waals surface area (Å²) in [6.45, 7) is 2.25. The fourth-order valence-corrected chi connectivity index (χ4v) is 3.06. The van der Waals surface area contributed by atoms with Crippen LogP contribution in [-0.4, -0.2) is 0 Å². The molecule has 0 saturated carbocycles. The monoisotopic (exact) mass is 324 g/mol. The molecule has 0 nitrogen and oxygen atoms in total. The van der Waals surface area contributed by atoms with E-state index in [1.807, 2.05) is 12.1 Å². The third kappa shape index (κ3) is 4.40.